The summed E-state index contributed by atoms with van der Waals surface area (Å²) in [5.41, 5.74) is 0.804. The quantitative estimate of drug-likeness (QED) is 0.820. The molecule has 0 saturated carbocycles. The number of ether oxygens (including phenoxy) is 2. The van der Waals surface area contributed by atoms with Gasteiger partial charge in [0.2, 0.25) is 5.91 Å². The summed E-state index contributed by atoms with van der Waals surface area (Å²) in [4.78, 5) is 27.0. The lowest BCUT2D eigenvalue weighted by Crippen LogP contribution is -2.15. The Labute approximate surface area is 129 Å². The van der Waals surface area contributed by atoms with Crippen molar-refractivity contribution in [2.75, 3.05) is 31.0 Å². The van der Waals surface area contributed by atoms with E-state index in [1.54, 1.807) is 7.11 Å². The molecule has 8 heteroatoms. The highest BCUT2D eigenvalue weighted by molar-refractivity contribution is 8.00. The van der Waals surface area contributed by atoms with Crippen LogP contribution in [0, 0.1) is 0 Å². The molecular weight excluding hydrogens is 312 g/mol. The molecule has 0 spiro atoms. The Morgan fingerprint density at radius 3 is 2.86 bits per heavy atom. The smallest absolute Gasteiger partial charge is 0.315 e. The number of nitrogens with zero attached hydrogens (tertiary/aromatic N) is 1. The third-order valence-electron chi connectivity index (χ3n) is 2.52. The van der Waals surface area contributed by atoms with Gasteiger partial charge in [-0.25, -0.2) is 4.98 Å². The molecule has 1 heterocycles. The van der Waals surface area contributed by atoms with Gasteiger partial charge in [-0.05, 0) is 18.2 Å². The van der Waals surface area contributed by atoms with Crippen LogP contribution < -0.4 is 10.1 Å². The molecule has 0 unspecified atom stereocenters. The van der Waals surface area contributed by atoms with E-state index in [-0.39, 0.29) is 23.4 Å². The maximum Gasteiger partial charge on any atom is 0.315 e. The molecule has 112 valence electrons. The highest BCUT2D eigenvalue weighted by Crippen LogP contribution is 2.29. The molecular formula is C13H14N2O4S2. The molecule has 1 amide bonds. The van der Waals surface area contributed by atoms with Crippen molar-refractivity contribution in [3.63, 3.8) is 0 Å². The van der Waals surface area contributed by atoms with Gasteiger partial charge in [0.1, 0.15) is 5.75 Å². The van der Waals surface area contributed by atoms with Gasteiger partial charge >= 0.3 is 5.97 Å². The highest BCUT2D eigenvalue weighted by atomic mass is 32.2. The molecule has 0 saturated heterocycles. The molecule has 0 aliphatic carbocycles. The zero-order chi connectivity index (χ0) is 15.2. The number of rotatable bonds is 6. The number of hydrogen-bond acceptors (Lipinski definition) is 7. The molecule has 0 atom stereocenters. The summed E-state index contributed by atoms with van der Waals surface area (Å²) in [7, 11) is 2.92. The number of methoxy groups -OCH3 is 2. The molecule has 0 radical (unpaired) electrons. The molecule has 1 N–H and O–H groups in total. The summed E-state index contributed by atoms with van der Waals surface area (Å²) in [5.74, 6) is 0.530. The van der Waals surface area contributed by atoms with Gasteiger partial charge < -0.3 is 14.8 Å². The van der Waals surface area contributed by atoms with Crippen LogP contribution in [0.15, 0.2) is 18.2 Å². The predicted molar refractivity (Wildman–Crippen MR) is 84.1 cm³/mol. The summed E-state index contributed by atoms with van der Waals surface area (Å²) in [5, 5.41) is 3.24. The maximum atomic E-state index is 11.7. The first-order valence-electron chi connectivity index (χ1n) is 6.01. The number of thiazole rings is 1. The Bertz CT molecular complexity index is 657. The Hall–Kier alpha value is -1.80. The molecule has 2 aromatic rings. The standard InChI is InChI=1S/C13H14N2O4S2/c1-18-8-3-4-9-10(5-8)21-13(14-9)15-11(16)6-20-7-12(17)19-2/h3-5H,6-7H2,1-2H3,(H,14,15,16). The first-order chi connectivity index (χ1) is 10.1. The van der Waals surface area contributed by atoms with E-state index in [4.69, 9.17) is 4.74 Å². The predicted octanol–water partition coefficient (Wildman–Crippen LogP) is 2.15. The molecule has 6 nitrogen and oxygen atoms in total. The van der Waals surface area contributed by atoms with Crippen LogP contribution in [0.3, 0.4) is 0 Å². The van der Waals surface area contributed by atoms with Crippen LogP contribution in [0.5, 0.6) is 5.75 Å². The van der Waals surface area contributed by atoms with Crippen molar-refractivity contribution in [2.24, 2.45) is 0 Å². The topological polar surface area (TPSA) is 77.5 Å². The third-order valence-corrected chi connectivity index (χ3v) is 4.36. The van der Waals surface area contributed by atoms with Gasteiger partial charge in [0.25, 0.3) is 0 Å². The second-order valence-electron chi connectivity index (χ2n) is 3.97. The van der Waals surface area contributed by atoms with Gasteiger partial charge in [0.15, 0.2) is 5.13 Å². The number of thioether (sulfide) groups is 1. The number of aromatic nitrogens is 1. The fourth-order valence-electron chi connectivity index (χ4n) is 1.53. The number of anilines is 1. The molecule has 1 aromatic heterocycles. The number of nitrogens with one attached hydrogen (secondary N) is 1. The van der Waals surface area contributed by atoms with E-state index in [2.05, 4.69) is 15.0 Å². The fraction of sp³-hybridized carbons (Fsp3) is 0.308. The van der Waals surface area contributed by atoms with Crippen molar-refractivity contribution < 1.29 is 19.1 Å². The number of esters is 1. The van der Waals surface area contributed by atoms with Gasteiger partial charge in [-0.2, -0.15) is 0 Å². The Morgan fingerprint density at radius 1 is 1.33 bits per heavy atom. The molecule has 21 heavy (non-hydrogen) atoms. The van der Waals surface area contributed by atoms with Crippen molar-refractivity contribution in [2.45, 2.75) is 0 Å². The second-order valence-corrected chi connectivity index (χ2v) is 5.99. The summed E-state index contributed by atoms with van der Waals surface area (Å²) in [6.45, 7) is 0. The van der Waals surface area contributed by atoms with Crippen molar-refractivity contribution in [3.8, 4) is 5.75 Å². The van der Waals surface area contributed by atoms with E-state index in [1.807, 2.05) is 18.2 Å². The average Bonchev–Trinajstić information content (AvgIpc) is 2.87. The molecule has 0 aliphatic heterocycles. The lowest BCUT2D eigenvalue weighted by atomic mass is 10.3. The monoisotopic (exact) mass is 326 g/mol. The van der Waals surface area contributed by atoms with E-state index >= 15 is 0 Å². The van der Waals surface area contributed by atoms with Crippen LogP contribution in [0.4, 0.5) is 5.13 Å². The Balaban J connectivity index is 1.93. The minimum Gasteiger partial charge on any atom is -0.497 e. The van der Waals surface area contributed by atoms with Crippen LogP contribution >= 0.6 is 23.1 Å². The van der Waals surface area contributed by atoms with Crippen molar-refractivity contribution in [3.05, 3.63) is 18.2 Å². The van der Waals surface area contributed by atoms with Gasteiger partial charge in [-0.15, -0.1) is 11.8 Å². The third kappa shape index (κ3) is 4.33. The highest BCUT2D eigenvalue weighted by Gasteiger charge is 2.10. The first kappa shape index (κ1) is 15.6. The van der Waals surface area contributed by atoms with E-state index in [9.17, 15) is 9.59 Å². The summed E-state index contributed by atoms with van der Waals surface area (Å²) < 4.78 is 10.6. The van der Waals surface area contributed by atoms with Crippen molar-refractivity contribution in [1.29, 1.82) is 0 Å². The van der Waals surface area contributed by atoms with E-state index in [0.717, 1.165) is 16.0 Å². The second kappa shape index (κ2) is 7.28. The Morgan fingerprint density at radius 2 is 2.14 bits per heavy atom. The normalized spacial score (nSPS) is 10.4. The van der Waals surface area contributed by atoms with E-state index < -0.39 is 0 Å². The van der Waals surface area contributed by atoms with Crippen LogP contribution in [0.1, 0.15) is 0 Å². The van der Waals surface area contributed by atoms with Gasteiger partial charge in [-0.1, -0.05) is 11.3 Å². The molecule has 2 rings (SSSR count). The van der Waals surface area contributed by atoms with Crippen LogP contribution in [-0.2, 0) is 14.3 Å². The molecule has 0 aliphatic rings. The Kier molecular flexibility index (Phi) is 5.40. The largest absolute Gasteiger partial charge is 0.497 e. The van der Waals surface area contributed by atoms with Gasteiger partial charge in [0, 0.05) is 0 Å². The van der Waals surface area contributed by atoms with Gasteiger partial charge in [-0.3, -0.25) is 9.59 Å². The van der Waals surface area contributed by atoms with Crippen LogP contribution in [0.25, 0.3) is 10.2 Å². The fourth-order valence-corrected chi connectivity index (χ4v) is 3.08. The molecule has 0 fully saturated rings. The number of hydrogen-bond donors (Lipinski definition) is 1. The van der Waals surface area contributed by atoms with E-state index in [1.165, 1.54) is 30.2 Å². The number of amides is 1. The summed E-state index contributed by atoms with van der Waals surface area (Å²) >= 11 is 2.57. The molecule has 1 aromatic carbocycles. The minimum absolute atomic E-state index is 0.154. The van der Waals surface area contributed by atoms with Crippen molar-refractivity contribution >= 4 is 50.3 Å². The average molecular weight is 326 g/mol. The molecule has 0 bridgehead atoms. The number of fused-ring (bicyclic) bond motifs is 1. The van der Waals surface area contributed by atoms with Crippen molar-refractivity contribution in [1.82, 2.24) is 4.98 Å². The van der Waals surface area contributed by atoms with Gasteiger partial charge in [0.05, 0.1) is 35.9 Å². The SMILES string of the molecule is COC(=O)CSCC(=O)Nc1nc2ccc(OC)cc2s1. The first-order valence-corrected chi connectivity index (χ1v) is 7.98. The lowest BCUT2D eigenvalue weighted by molar-refractivity contribution is -0.137. The minimum atomic E-state index is -0.347. The van der Waals surface area contributed by atoms with Crippen LogP contribution in [-0.4, -0.2) is 42.6 Å². The lowest BCUT2D eigenvalue weighted by Gasteiger charge is -2.00. The number of benzene rings is 1. The maximum absolute atomic E-state index is 11.7. The zero-order valence-corrected chi connectivity index (χ0v) is 13.2. The van der Waals surface area contributed by atoms with E-state index in [0.29, 0.717) is 5.13 Å². The summed E-state index contributed by atoms with van der Waals surface area (Å²) in [6.07, 6.45) is 0. The zero-order valence-electron chi connectivity index (χ0n) is 11.5. The number of carbonyl (C=O) groups is 2. The van der Waals surface area contributed by atoms with Crippen LogP contribution in [0.2, 0.25) is 0 Å². The number of carbonyl (C=O) groups excluding carboxylic acids is 2. The summed E-state index contributed by atoms with van der Waals surface area (Å²) in [6, 6.07) is 5.53.